The van der Waals surface area contributed by atoms with Crippen molar-refractivity contribution in [1.29, 1.82) is 5.26 Å². The van der Waals surface area contributed by atoms with Gasteiger partial charge >= 0.3 is 17.2 Å². The van der Waals surface area contributed by atoms with Crippen LogP contribution >= 0.6 is 0 Å². The monoisotopic (exact) mass is 587 g/mol. The zero-order valence-corrected chi connectivity index (χ0v) is 25.2. The number of carbonyl (C=O) groups is 1. The lowest BCUT2D eigenvalue weighted by Crippen LogP contribution is -2.43. The van der Waals surface area contributed by atoms with Crippen LogP contribution in [0.25, 0.3) is 0 Å². The van der Waals surface area contributed by atoms with Gasteiger partial charge in [0.05, 0.1) is 11.1 Å². The lowest BCUT2D eigenvalue weighted by atomic mass is 9.70. The second-order valence-electron chi connectivity index (χ2n) is 11.7. The highest BCUT2D eigenvalue weighted by Crippen LogP contribution is 2.47. The molecule has 0 bridgehead atoms. The highest BCUT2D eigenvalue weighted by molar-refractivity contribution is 7.81. The van der Waals surface area contributed by atoms with Gasteiger partial charge in [-0.05, 0) is 54.0 Å². The van der Waals surface area contributed by atoms with Crippen molar-refractivity contribution < 1.29 is 23.0 Å². The van der Waals surface area contributed by atoms with Gasteiger partial charge in [0.2, 0.25) is 5.88 Å². The third-order valence-electron chi connectivity index (χ3n) is 7.35. The number of esters is 1. The Labute approximate surface area is 250 Å². The second kappa shape index (κ2) is 13.2. The summed E-state index contributed by atoms with van der Waals surface area (Å²) in [5, 5.41) is 20.4. The molecule has 1 aromatic heterocycles. The lowest BCUT2D eigenvalue weighted by molar-refractivity contribution is -0.161. The number of aromatic nitrogens is 1. The summed E-state index contributed by atoms with van der Waals surface area (Å²) in [6.07, 6.45) is 4.43. The molecular weight excluding hydrogens is 550 g/mol. The minimum atomic E-state index is -1.97. The van der Waals surface area contributed by atoms with Gasteiger partial charge in [0.15, 0.2) is 0 Å². The molecule has 0 spiro atoms. The van der Waals surface area contributed by atoms with Crippen LogP contribution in [0.3, 0.4) is 0 Å². The average molecular weight is 588 g/mol. The number of rotatable bonds is 11. The quantitative estimate of drug-likeness (QED) is 0.230. The number of cyclic esters (lactones) is 1. The van der Waals surface area contributed by atoms with Crippen molar-refractivity contribution in [3.8, 4) is 11.9 Å². The van der Waals surface area contributed by atoms with E-state index in [-0.39, 0.29) is 23.6 Å². The van der Waals surface area contributed by atoms with Crippen molar-refractivity contribution in [2.24, 2.45) is 5.41 Å². The Kier molecular flexibility index (Phi) is 9.69. The predicted molar refractivity (Wildman–Crippen MR) is 163 cm³/mol. The molecule has 3 atom stereocenters. The zero-order chi connectivity index (χ0) is 30.3. The molecule has 8 nitrogen and oxygen atoms in total. The first-order chi connectivity index (χ1) is 20.0. The molecule has 0 radical (unpaired) electrons. The topological polar surface area (TPSA) is 122 Å². The van der Waals surface area contributed by atoms with Gasteiger partial charge in [-0.15, -0.1) is 0 Å². The van der Waals surface area contributed by atoms with E-state index in [1.807, 2.05) is 51.1 Å². The van der Waals surface area contributed by atoms with E-state index < -0.39 is 34.2 Å². The first-order valence-corrected chi connectivity index (χ1v) is 15.1. The van der Waals surface area contributed by atoms with E-state index in [1.165, 1.54) is 18.3 Å². The molecule has 0 saturated heterocycles. The van der Waals surface area contributed by atoms with Gasteiger partial charge in [-0.25, -0.2) is 9.78 Å². The standard InChI is InChI=1S/C33H37N3O5S/c1-5-17-33(18-16-23-10-7-6-8-11-23)20-27(37)29(31(38)40-33)30(32(2,3)4)25-12-9-13-26(19-25)36-42(39)41-28-15-14-24(21-34)22-35-28/h6-15,19,22,30,36-37H,5,16-18,20H2,1-4H3/t30-,33-,42?/m1/s1. The Morgan fingerprint density at radius 3 is 2.52 bits per heavy atom. The SMILES string of the molecule is CCC[C@@]1(CCc2ccccc2)CC(O)=C([C@@H](c2cccc(NS(=O)Oc3ccc(C#N)cn3)c2)C(C)(C)C)C(=O)O1. The van der Waals surface area contributed by atoms with Crippen molar-refractivity contribution >= 4 is 22.9 Å². The third-order valence-corrected chi connectivity index (χ3v) is 8.07. The van der Waals surface area contributed by atoms with Gasteiger partial charge in [-0.1, -0.05) is 76.6 Å². The molecule has 2 aromatic carbocycles. The Hall–Kier alpha value is -4.16. The highest BCUT2D eigenvalue weighted by atomic mass is 32.2. The van der Waals surface area contributed by atoms with Crippen molar-refractivity contribution in [3.63, 3.8) is 0 Å². The molecule has 2 heterocycles. The van der Waals surface area contributed by atoms with Crippen LogP contribution in [0.2, 0.25) is 0 Å². The summed E-state index contributed by atoms with van der Waals surface area (Å²) in [6.45, 7) is 8.07. The van der Waals surface area contributed by atoms with Crippen molar-refractivity contribution in [1.82, 2.24) is 4.98 Å². The number of pyridine rings is 1. The molecule has 220 valence electrons. The number of aliphatic hydroxyl groups excluding tert-OH is 1. The Morgan fingerprint density at radius 2 is 1.90 bits per heavy atom. The van der Waals surface area contributed by atoms with E-state index in [0.717, 1.165) is 24.0 Å². The van der Waals surface area contributed by atoms with Crippen LogP contribution in [0.4, 0.5) is 5.69 Å². The van der Waals surface area contributed by atoms with E-state index in [1.54, 1.807) is 18.2 Å². The maximum absolute atomic E-state index is 13.7. The normalized spacial score (nSPS) is 18.5. The fourth-order valence-electron chi connectivity index (χ4n) is 5.54. The van der Waals surface area contributed by atoms with E-state index >= 15 is 0 Å². The van der Waals surface area contributed by atoms with E-state index in [0.29, 0.717) is 24.1 Å². The van der Waals surface area contributed by atoms with Gasteiger partial charge in [-0.3, -0.25) is 4.72 Å². The van der Waals surface area contributed by atoms with Gasteiger partial charge in [0.1, 0.15) is 17.4 Å². The number of hydrogen-bond acceptors (Lipinski definition) is 7. The van der Waals surface area contributed by atoms with Crippen LogP contribution in [-0.2, 0) is 27.2 Å². The molecule has 1 aliphatic rings. The number of carbonyl (C=O) groups excluding carboxylic acids is 1. The Morgan fingerprint density at radius 1 is 1.14 bits per heavy atom. The summed E-state index contributed by atoms with van der Waals surface area (Å²) in [6, 6.07) is 22.2. The summed E-state index contributed by atoms with van der Waals surface area (Å²) < 4.78 is 27.1. The summed E-state index contributed by atoms with van der Waals surface area (Å²) in [5.41, 5.74) is 1.81. The number of aliphatic hydroxyl groups is 1. The van der Waals surface area contributed by atoms with Crippen LogP contribution in [0, 0.1) is 16.7 Å². The van der Waals surface area contributed by atoms with Crippen LogP contribution in [0.1, 0.15) is 76.0 Å². The molecule has 0 saturated carbocycles. The zero-order valence-electron chi connectivity index (χ0n) is 24.4. The minimum Gasteiger partial charge on any atom is -0.512 e. The molecule has 0 amide bonds. The van der Waals surface area contributed by atoms with E-state index in [9.17, 15) is 14.1 Å². The smallest absolute Gasteiger partial charge is 0.338 e. The fourth-order valence-corrected chi connectivity index (χ4v) is 6.15. The number of anilines is 1. The summed E-state index contributed by atoms with van der Waals surface area (Å²) in [4.78, 5) is 17.7. The molecule has 1 unspecified atom stereocenters. The number of nitriles is 1. The number of nitrogens with zero attached hydrogens (tertiary/aromatic N) is 2. The Balaban J connectivity index is 1.58. The average Bonchev–Trinajstić information content (AvgIpc) is 2.94. The second-order valence-corrected chi connectivity index (χ2v) is 12.5. The van der Waals surface area contributed by atoms with Crippen LogP contribution in [0.15, 0.2) is 84.3 Å². The van der Waals surface area contributed by atoms with E-state index in [2.05, 4.69) is 28.8 Å². The summed E-state index contributed by atoms with van der Waals surface area (Å²) in [7, 11) is 0. The van der Waals surface area contributed by atoms with Gasteiger partial charge in [0, 0.05) is 30.3 Å². The van der Waals surface area contributed by atoms with Crippen molar-refractivity contribution in [3.05, 3.63) is 101 Å². The number of nitrogens with one attached hydrogen (secondary N) is 1. The number of hydrogen-bond donors (Lipinski definition) is 2. The van der Waals surface area contributed by atoms with Crippen molar-refractivity contribution in [2.75, 3.05) is 4.72 Å². The first-order valence-electron chi connectivity index (χ1n) is 14.1. The maximum Gasteiger partial charge on any atom is 0.338 e. The van der Waals surface area contributed by atoms with Gasteiger partial charge in [-0.2, -0.15) is 9.47 Å². The third kappa shape index (κ3) is 7.56. The van der Waals surface area contributed by atoms with Crippen molar-refractivity contribution in [2.45, 2.75) is 71.3 Å². The van der Waals surface area contributed by atoms with Crippen LogP contribution < -0.4 is 8.91 Å². The number of ether oxygens (including phenoxy) is 1. The van der Waals surface area contributed by atoms with Crippen LogP contribution in [0.5, 0.6) is 5.88 Å². The molecule has 0 fully saturated rings. The molecule has 2 N–H and O–H groups in total. The Bertz CT molecular complexity index is 1490. The first kappa shape index (κ1) is 30.8. The summed E-state index contributed by atoms with van der Waals surface area (Å²) >= 11 is -1.97. The van der Waals surface area contributed by atoms with E-state index in [4.69, 9.17) is 14.2 Å². The molecule has 4 rings (SSSR count). The van der Waals surface area contributed by atoms with Crippen LogP contribution in [-0.4, -0.2) is 25.9 Å². The summed E-state index contributed by atoms with van der Waals surface area (Å²) in [5.74, 6) is -0.830. The molecular formula is C33H37N3O5S. The maximum atomic E-state index is 13.7. The molecule has 42 heavy (non-hydrogen) atoms. The number of aryl methyl sites for hydroxylation is 1. The van der Waals surface area contributed by atoms with Gasteiger partial charge < -0.3 is 14.0 Å². The molecule has 9 heteroatoms. The van der Waals surface area contributed by atoms with Gasteiger partial charge in [0.25, 0.3) is 0 Å². The molecule has 0 aliphatic carbocycles. The minimum absolute atomic E-state index is 0.0600. The highest BCUT2D eigenvalue weighted by Gasteiger charge is 2.46. The number of benzene rings is 2. The molecule has 3 aromatic rings. The fraction of sp³-hybridized carbons (Fsp3) is 0.364. The lowest BCUT2D eigenvalue weighted by Gasteiger charge is -2.41. The largest absolute Gasteiger partial charge is 0.512 e. The predicted octanol–water partition coefficient (Wildman–Crippen LogP) is 7.08. The molecule has 1 aliphatic heterocycles.